The Morgan fingerprint density at radius 1 is 1.54 bits per heavy atom. The van der Waals surface area contributed by atoms with Crippen molar-refractivity contribution in [2.75, 3.05) is 24.6 Å². The van der Waals surface area contributed by atoms with Gasteiger partial charge >= 0.3 is 0 Å². The van der Waals surface area contributed by atoms with E-state index in [9.17, 15) is 0 Å². The minimum atomic E-state index is 0.323. The van der Waals surface area contributed by atoms with Crippen molar-refractivity contribution in [3.63, 3.8) is 0 Å². The molecule has 1 aromatic heterocycles. The van der Waals surface area contributed by atoms with E-state index in [1.54, 1.807) is 6.33 Å². The van der Waals surface area contributed by atoms with Crippen molar-refractivity contribution in [1.82, 2.24) is 9.36 Å². The molecular weight excluding hydrogens is 186 g/mol. The standard InChI is InChI=1S/C8H13N3OS/c12-5-7-1-3-11(4-2-7)8-9-6-10-13-8/h6-7,12H,1-5H2. The normalized spacial score (nSPS) is 19.3. The van der Waals surface area contributed by atoms with Gasteiger partial charge in [-0.2, -0.15) is 4.37 Å². The molecule has 0 spiro atoms. The Hall–Kier alpha value is -0.680. The van der Waals surface area contributed by atoms with Crippen molar-refractivity contribution in [2.45, 2.75) is 12.8 Å². The number of nitrogens with zero attached hydrogens (tertiary/aromatic N) is 3. The zero-order valence-corrected chi connectivity index (χ0v) is 8.20. The molecule has 4 nitrogen and oxygen atoms in total. The highest BCUT2D eigenvalue weighted by molar-refractivity contribution is 7.09. The molecule has 2 rings (SSSR count). The molecule has 1 aliphatic rings. The van der Waals surface area contributed by atoms with Crippen molar-refractivity contribution in [1.29, 1.82) is 0 Å². The van der Waals surface area contributed by atoms with Crippen LogP contribution < -0.4 is 4.90 Å². The van der Waals surface area contributed by atoms with E-state index in [1.807, 2.05) is 0 Å². The summed E-state index contributed by atoms with van der Waals surface area (Å²) in [4.78, 5) is 6.40. The first-order chi connectivity index (χ1) is 6.40. The fraction of sp³-hybridized carbons (Fsp3) is 0.750. The molecule has 1 fully saturated rings. The molecule has 0 aromatic carbocycles. The fourth-order valence-corrected chi connectivity index (χ4v) is 2.19. The van der Waals surface area contributed by atoms with Gasteiger partial charge in [-0.05, 0) is 18.8 Å². The summed E-state index contributed by atoms with van der Waals surface area (Å²) in [5.74, 6) is 0.490. The highest BCUT2D eigenvalue weighted by atomic mass is 32.1. The first-order valence-electron chi connectivity index (χ1n) is 4.52. The quantitative estimate of drug-likeness (QED) is 0.763. The van der Waals surface area contributed by atoms with Gasteiger partial charge in [0.2, 0.25) is 5.13 Å². The van der Waals surface area contributed by atoms with E-state index >= 15 is 0 Å². The minimum absolute atomic E-state index is 0.323. The monoisotopic (exact) mass is 199 g/mol. The van der Waals surface area contributed by atoms with Crippen LogP contribution in [0.15, 0.2) is 6.33 Å². The Labute approximate surface area is 81.4 Å². The van der Waals surface area contributed by atoms with Crippen LogP contribution in [0.5, 0.6) is 0 Å². The van der Waals surface area contributed by atoms with Crippen molar-refractivity contribution < 1.29 is 5.11 Å². The maximum atomic E-state index is 8.96. The van der Waals surface area contributed by atoms with Crippen LogP contribution in [0, 0.1) is 5.92 Å². The van der Waals surface area contributed by atoms with Gasteiger partial charge in [-0.1, -0.05) is 0 Å². The lowest BCUT2D eigenvalue weighted by Gasteiger charge is -2.30. The molecule has 1 saturated heterocycles. The van der Waals surface area contributed by atoms with Crippen LogP contribution in [0.25, 0.3) is 0 Å². The molecule has 0 radical (unpaired) electrons. The number of rotatable bonds is 2. The largest absolute Gasteiger partial charge is 0.396 e. The summed E-state index contributed by atoms with van der Waals surface area (Å²) in [7, 11) is 0. The zero-order valence-electron chi connectivity index (χ0n) is 7.39. The summed E-state index contributed by atoms with van der Waals surface area (Å²) in [6.45, 7) is 2.32. The van der Waals surface area contributed by atoms with Gasteiger partial charge in [-0.3, -0.25) is 0 Å². The second kappa shape index (κ2) is 4.02. The molecule has 0 saturated carbocycles. The average molecular weight is 199 g/mol. The van der Waals surface area contributed by atoms with Gasteiger partial charge in [0.05, 0.1) is 0 Å². The highest BCUT2D eigenvalue weighted by Gasteiger charge is 2.19. The summed E-state index contributed by atoms with van der Waals surface area (Å²) >= 11 is 1.44. The van der Waals surface area contributed by atoms with Crippen molar-refractivity contribution in [2.24, 2.45) is 5.92 Å². The Kier molecular flexibility index (Phi) is 2.75. The third-order valence-corrected chi connectivity index (χ3v) is 3.22. The topological polar surface area (TPSA) is 49.2 Å². The predicted molar refractivity (Wildman–Crippen MR) is 51.9 cm³/mol. The first kappa shape index (κ1) is 8.90. The number of aliphatic hydroxyl groups excluding tert-OH is 1. The van der Waals surface area contributed by atoms with Crippen LogP contribution in [0.2, 0.25) is 0 Å². The molecule has 1 N–H and O–H groups in total. The van der Waals surface area contributed by atoms with Gasteiger partial charge in [0.1, 0.15) is 6.33 Å². The molecule has 0 unspecified atom stereocenters. The van der Waals surface area contributed by atoms with E-state index in [-0.39, 0.29) is 0 Å². The van der Waals surface area contributed by atoms with E-state index < -0.39 is 0 Å². The van der Waals surface area contributed by atoms with Gasteiger partial charge in [0.15, 0.2) is 0 Å². The lowest BCUT2D eigenvalue weighted by atomic mass is 9.98. The van der Waals surface area contributed by atoms with Crippen molar-refractivity contribution >= 4 is 16.7 Å². The maximum Gasteiger partial charge on any atom is 0.204 e. The summed E-state index contributed by atoms with van der Waals surface area (Å²) in [6.07, 6.45) is 3.73. The molecular formula is C8H13N3OS. The Morgan fingerprint density at radius 2 is 2.31 bits per heavy atom. The molecule has 72 valence electrons. The molecule has 0 bridgehead atoms. The van der Waals surface area contributed by atoms with Crippen LogP contribution >= 0.6 is 11.5 Å². The fourth-order valence-electron chi connectivity index (χ4n) is 1.61. The Balaban J connectivity index is 1.92. The van der Waals surface area contributed by atoms with E-state index in [2.05, 4.69) is 14.3 Å². The lowest BCUT2D eigenvalue weighted by Crippen LogP contribution is -2.34. The van der Waals surface area contributed by atoms with E-state index in [1.165, 1.54) is 11.5 Å². The van der Waals surface area contributed by atoms with Crippen LogP contribution in [0.1, 0.15) is 12.8 Å². The molecule has 1 aromatic rings. The lowest BCUT2D eigenvalue weighted by molar-refractivity contribution is 0.203. The Bertz CT molecular complexity index is 244. The first-order valence-corrected chi connectivity index (χ1v) is 5.30. The van der Waals surface area contributed by atoms with Crippen molar-refractivity contribution in [3.05, 3.63) is 6.33 Å². The predicted octanol–water partition coefficient (Wildman–Crippen LogP) is 0.747. The van der Waals surface area contributed by atoms with Gasteiger partial charge in [-0.15, -0.1) is 0 Å². The van der Waals surface area contributed by atoms with Crippen LogP contribution in [0.4, 0.5) is 5.13 Å². The molecule has 0 atom stereocenters. The summed E-state index contributed by atoms with van der Waals surface area (Å²) in [5, 5.41) is 9.97. The number of hydrogen-bond donors (Lipinski definition) is 1. The third kappa shape index (κ3) is 1.97. The van der Waals surface area contributed by atoms with Gasteiger partial charge in [0, 0.05) is 31.2 Å². The van der Waals surface area contributed by atoms with Crippen LogP contribution in [0.3, 0.4) is 0 Å². The third-order valence-electron chi connectivity index (χ3n) is 2.49. The van der Waals surface area contributed by atoms with Gasteiger partial charge in [0.25, 0.3) is 0 Å². The number of hydrogen-bond acceptors (Lipinski definition) is 5. The summed E-state index contributed by atoms with van der Waals surface area (Å²) in [6, 6.07) is 0. The molecule has 0 amide bonds. The molecule has 5 heteroatoms. The molecule has 1 aliphatic heterocycles. The number of aromatic nitrogens is 2. The second-order valence-electron chi connectivity index (χ2n) is 3.34. The summed E-state index contributed by atoms with van der Waals surface area (Å²) < 4.78 is 3.98. The van der Waals surface area contributed by atoms with E-state index in [4.69, 9.17) is 5.11 Å². The van der Waals surface area contributed by atoms with Gasteiger partial charge < -0.3 is 10.0 Å². The average Bonchev–Trinajstić information content (AvgIpc) is 2.71. The van der Waals surface area contributed by atoms with Crippen LogP contribution in [-0.2, 0) is 0 Å². The molecule has 0 aliphatic carbocycles. The zero-order chi connectivity index (χ0) is 9.10. The second-order valence-corrected chi connectivity index (χ2v) is 4.10. The number of anilines is 1. The maximum absolute atomic E-state index is 8.96. The number of aliphatic hydroxyl groups is 1. The van der Waals surface area contributed by atoms with Crippen LogP contribution in [-0.4, -0.2) is 34.2 Å². The van der Waals surface area contributed by atoms with E-state index in [0.717, 1.165) is 31.1 Å². The highest BCUT2D eigenvalue weighted by Crippen LogP contribution is 2.22. The summed E-state index contributed by atoms with van der Waals surface area (Å²) in [5.41, 5.74) is 0. The number of piperidine rings is 1. The Morgan fingerprint density at radius 3 is 2.85 bits per heavy atom. The minimum Gasteiger partial charge on any atom is -0.396 e. The molecule has 13 heavy (non-hydrogen) atoms. The van der Waals surface area contributed by atoms with E-state index in [0.29, 0.717) is 12.5 Å². The van der Waals surface area contributed by atoms with Crippen molar-refractivity contribution in [3.8, 4) is 0 Å². The van der Waals surface area contributed by atoms with Gasteiger partial charge in [-0.25, -0.2) is 4.98 Å². The SMILES string of the molecule is OCC1CCN(c2ncns2)CC1. The molecule has 2 heterocycles. The smallest absolute Gasteiger partial charge is 0.204 e.